The predicted molar refractivity (Wildman–Crippen MR) is 83.1 cm³/mol. The van der Waals surface area contributed by atoms with Crippen LogP contribution in [0.1, 0.15) is 18.5 Å². The normalized spacial score (nSPS) is 14.7. The minimum atomic E-state index is 0.644. The van der Waals surface area contributed by atoms with Crippen LogP contribution in [0.25, 0.3) is 10.8 Å². The molecule has 0 amide bonds. The molecule has 0 unspecified atom stereocenters. The van der Waals surface area contributed by atoms with Crippen LogP contribution < -0.4 is 10.6 Å². The molecule has 0 spiro atoms. The third-order valence-electron chi connectivity index (χ3n) is 3.88. The van der Waals surface area contributed by atoms with E-state index >= 15 is 0 Å². The van der Waals surface area contributed by atoms with E-state index in [0.717, 1.165) is 29.9 Å². The highest BCUT2D eigenvalue weighted by Gasteiger charge is 2.30. The topological polar surface area (TPSA) is 51.4 Å². The summed E-state index contributed by atoms with van der Waals surface area (Å²) in [5.41, 5.74) is 9.14. The third kappa shape index (κ3) is 2.43. The van der Waals surface area contributed by atoms with Crippen molar-refractivity contribution in [3.8, 4) is 0 Å². The van der Waals surface area contributed by atoms with Crippen LogP contribution in [0, 0.1) is 6.92 Å². The quantitative estimate of drug-likeness (QED) is 0.850. The number of ether oxygens (including phenoxy) is 1. The Morgan fingerprint density at radius 3 is 2.85 bits per heavy atom. The first-order valence-electron chi connectivity index (χ1n) is 7.11. The second kappa shape index (κ2) is 5.29. The number of nitrogen functional groups attached to an aromatic ring is 1. The molecular formula is C16H21N3O. The highest BCUT2D eigenvalue weighted by atomic mass is 16.5. The Bertz CT molecular complexity index is 622. The number of anilines is 2. The molecule has 1 aromatic heterocycles. The van der Waals surface area contributed by atoms with Crippen LogP contribution >= 0.6 is 0 Å². The van der Waals surface area contributed by atoms with Crippen molar-refractivity contribution in [2.75, 3.05) is 30.9 Å². The zero-order chi connectivity index (χ0) is 14.1. The number of aryl methyl sites for hydroxylation is 1. The Balaban J connectivity index is 2.09. The lowest BCUT2D eigenvalue weighted by molar-refractivity contribution is 0.205. The molecule has 2 aromatic rings. The van der Waals surface area contributed by atoms with Gasteiger partial charge in [-0.3, -0.25) is 4.98 Å². The maximum absolute atomic E-state index is 6.08. The lowest BCUT2D eigenvalue weighted by Crippen LogP contribution is -2.29. The van der Waals surface area contributed by atoms with Gasteiger partial charge in [0.2, 0.25) is 0 Å². The molecule has 1 aliphatic rings. The lowest BCUT2D eigenvalue weighted by atomic mass is 10.1. The van der Waals surface area contributed by atoms with Crippen LogP contribution in [0.2, 0.25) is 0 Å². The maximum atomic E-state index is 6.08. The highest BCUT2D eigenvalue weighted by molar-refractivity contribution is 6.01. The van der Waals surface area contributed by atoms with Crippen LogP contribution in [0.15, 0.2) is 24.4 Å². The fraction of sp³-hybridized carbons (Fsp3) is 0.438. The Hall–Kier alpha value is -1.81. The van der Waals surface area contributed by atoms with E-state index in [2.05, 4.69) is 22.0 Å². The zero-order valence-electron chi connectivity index (χ0n) is 12.1. The summed E-state index contributed by atoms with van der Waals surface area (Å²) < 4.78 is 5.25. The molecule has 1 aromatic carbocycles. The van der Waals surface area contributed by atoms with Crippen molar-refractivity contribution < 1.29 is 4.74 Å². The molecule has 1 fully saturated rings. The van der Waals surface area contributed by atoms with Gasteiger partial charge in [-0.25, -0.2) is 0 Å². The van der Waals surface area contributed by atoms with E-state index in [1.807, 2.05) is 19.2 Å². The van der Waals surface area contributed by atoms with Crippen LogP contribution in [-0.2, 0) is 4.74 Å². The molecule has 4 heteroatoms. The monoisotopic (exact) mass is 271 g/mol. The Labute approximate surface area is 119 Å². The standard InChI is InChI=1S/C16H21N3O/c1-11-9-13-14(10-18-11)15(17)5-6-16(13)19(7-8-20-2)12-3-4-12/h5-6,9-10,12H,3-4,7-8,17H2,1-2H3. The van der Waals surface area contributed by atoms with Gasteiger partial charge >= 0.3 is 0 Å². The van der Waals surface area contributed by atoms with E-state index in [0.29, 0.717) is 6.04 Å². The summed E-state index contributed by atoms with van der Waals surface area (Å²) >= 11 is 0. The number of nitrogens with zero attached hydrogens (tertiary/aromatic N) is 2. The first-order chi connectivity index (χ1) is 9.70. The van der Waals surface area contributed by atoms with Gasteiger partial charge in [-0.2, -0.15) is 0 Å². The van der Waals surface area contributed by atoms with Gasteiger partial charge in [0.1, 0.15) is 0 Å². The van der Waals surface area contributed by atoms with Gasteiger partial charge in [-0.15, -0.1) is 0 Å². The van der Waals surface area contributed by atoms with E-state index in [9.17, 15) is 0 Å². The summed E-state index contributed by atoms with van der Waals surface area (Å²) in [6, 6.07) is 6.89. The van der Waals surface area contributed by atoms with Crippen LogP contribution in [0.3, 0.4) is 0 Å². The van der Waals surface area contributed by atoms with E-state index in [1.54, 1.807) is 7.11 Å². The van der Waals surface area contributed by atoms with Gasteiger partial charge in [0, 0.05) is 53.7 Å². The van der Waals surface area contributed by atoms with Gasteiger partial charge in [-0.1, -0.05) is 0 Å². The zero-order valence-corrected chi connectivity index (χ0v) is 12.1. The molecule has 4 nitrogen and oxygen atoms in total. The van der Waals surface area contributed by atoms with Gasteiger partial charge in [0.05, 0.1) is 6.61 Å². The van der Waals surface area contributed by atoms with Crippen molar-refractivity contribution in [3.63, 3.8) is 0 Å². The molecule has 0 bridgehead atoms. The Morgan fingerprint density at radius 1 is 1.35 bits per heavy atom. The second-order valence-corrected chi connectivity index (χ2v) is 5.46. The molecule has 1 heterocycles. The predicted octanol–water partition coefficient (Wildman–Crippen LogP) is 2.74. The van der Waals surface area contributed by atoms with Crippen molar-refractivity contribution in [2.24, 2.45) is 0 Å². The molecule has 20 heavy (non-hydrogen) atoms. The molecule has 0 aliphatic heterocycles. The average Bonchev–Trinajstić information content (AvgIpc) is 3.26. The fourth-order valence-electron chi connectivity index (χ4n) is 2.68. The Kier molecular flexibility index (Phi) is 3.49. The minimum absolute atomic E-state index is 0.644. The molecule has 3 rings (SSSR count). The number of methoxy groups -OCH3 is 1. The van der Waals surface area contributed by atoms with Crippen LogP contribution in [0.5, 0.6) is 0 Å². The number of hydrogen-bond donors (Lipinski definition) is 1. The number of nitrogens with two attached hydrogens (primary N) is 1. The summed E-state index contributed by atoms with van der Waals surface area (Å²) in [6.45, 7) is 3.68. The first kappa shape index (κ1) is 13.2. The van der Waals surface area contributed by atoms with Gasteiger partial charge < -0.3 is 15.4 Å². The number of pyridine rings is 1. The Morgan fingerprint density at radius 2 is 2.15 bits per heavy atom. The highest BCUT2D eigenvalue weighted by Crippen LogP contribution is 2.37. The van der Waals surface area contributed by atoms with Crippen LogP contribution in [0.4, 0.5) is 11.4 Å². The van der Waals surface area contributed by atoms with Crippen molar-refractivity contribution in [3.05, 3.63) is 30.1 Å². The summed E-state index contributed by atoms with van der Waals surface area (Å²) in [7, 11) is 1.75. The van der Waals surface area contributed by atoms with Crippen molar-refractivity contribution in [1.82, 2.24) is 4.98 Å². The van der Waals surface area contributed by atoms with Crippen molar-refractivity contribution in [2.45, 2.75) is 25.8 Å². The smallest absolute Gasteiger partial charge is 0.0637 e. The molecule has 1 aliphatic carbocycles. The number of benzene rings is 1. The third-order valence-corrected chi connectivity index (χ3v) is 3.88. The molecule has 2 N–H and O–H groups in total. The van der Waals surface area contributed by atoms with E-state index in [-0.39, 0.29) is 0 Å². The minimum Gasteiger partial charge on any atom is -0.398 e. The number of aromatic nitrogens is 1. The SMILES string of the molecule is COCCN(c1ccc(N)c2cnc(C)cc12)C1CC1. The molecule has 0 radical (unpaired) electrons. The van der Waals surface area contributed by atoms with E-state index < -0.39 is 0 Å². The van der Waals surface area contributed by atoms with Gasteiger partial charge in [-0.05, 0) is 38.0 Å². The van der Waals surface area contributed by atoms with Crippen LogP contribution in [-0.4, -0.2) is 31.3 Å². The maximum Gasteiger partial charge on any atom is 0.0637 e. The van der Waals surface area contributed by atoms with E-state index in [1.165, 1.54) is 23.9 Å². The lowest BCUT2D eigenvalue weighted by Gasteiger charge is -2.26. The first-order valence-corrected chi connectivity index (χ1v) is 7.11. The molecule has 0 saturated heterocycles. The number of rotatable bonds is 5. The van der Waals surface area contributed by atoms with Crippen molar-refractivity contribution >= 4 is 22.1 Å². The van der Waals surface area contributed by atoms with Crippen molar-refractivity contribution in [1.29, 1.82) is 0 Å². The second-order valence-electron chi connectivity index (χ2n) is 5.46. The number of fused-ring (bicyclic) bond motifs is 1. The fourth-order valence-corrected chi connectivity index (χ4v) is 2.68. The summed E-state index contributed by atoms with van der Waals surface area (Å²) in [5.74, 6) is 0. The summed E-state index contributed by atoms with van der Waals surface area (Å²) in [5, 5.41) is 2.23. The van der Waals surface area contributed by atoms with Gasteiger partial charge in [0.25, 0.3) is 0 Å². The molecule has 0 atom stereocenters. The summed E-state index contributed by atoms with van der Waals surface area (Å²) in [4.78, 5) is 6.82. The van der Waals surface area contributed by atoms with E-state index in [4.69, 9.17) is 10.5 Å². The molecular weight excluding hydrogens is 250 g/mol. The number of hydrogen-bond acceptors (Lipinski definition) is 4. The average molecular weight is 271 g/mol. The summed E-state index contributed by atoms with van der Waals surface area (Å²) in [6.07, 6.45) is 4.41. The molecule has 1 saturated carbocycles. The largest absolute Gasteiger partial charge is 0.398 e. The van der Waals surface area contributed by atoms with Gasteiger partial charge in [0.15, 0.2) is 0 Å². The molecule has 106 valence electrons.